The maximum absolute atomic E-state index is 12.1. The highest BCUT2D eigenvalue weighted by atomic mass is 32.1. The summed E-state index contributed by atoms with van der Waals surface area (Å²) in [5.41, 5.74) is -0.869. The molecule has 0 atom stereocenters. The summed E-state index contributed by atoms with van der Waals surface area (Å²) < 4.78 is 5.27. The standard InChI is InChI=1S/C20H27N5O4S/c1-20(2)18(27)25(19(28)23-20)12-6-9-15(26)21-11-5-3-4-10-16-22-17(24-29-16)14-8-7-13-30-14/h7-8,13H,3-6,9-12H2,1-2H3,(H,21,26)(H,23,28). The molecular weight excluding hydrogens is 406 g/mol. The SMILES string of the molecule is CC1(C)NC(=O)N(CCCC(=O)NCCCCCc2nc(-c3cccs3)no2)C1=O. The minimum Gasteiger partial charge on any atom is -0.356 e. The second-order valence-electron chi connectivity index (χ2n) is 7.77. The first-order valence-electron chi connectivity index (χ1n) is 10.1. The molecule has 2 aromatic rings. The summed E-state index contributed by atoms with van der Waals surface area (Å²) in [4.78, 5) is 42.4. The Morgan fingerprint density at radius 1 is 1.27 bits per heavy atom. The molecule has 0 spiro atoms. The lowest BCUT2D eigenvalue weighted by Crippen LogP contribution is -2.40. The highest BCUT2D eigenvalue weighted by Crippen LogP contribution is 2.21. The first-order valence-corrected chi connectivity index (χ1v) is 11.0. The second-order valence-corrected chi connectivity index (χ2v) is 8.71. The molecule has 2 aromatic heterocycles. The summed E-state index contributed by atoms with van der Waals surface area (Å²) in [6.45, 7) is 4.18. The molecule has 0 bridgehead atoms. The Morgan fingerprint density at radius 3 is 2.80 bits per heavy atom. The summed E-state index contributed by atoms with van der Waals surface area (Å²) in [6.07, 6.45) is 4.15. The van der Waals surface area contributed by atoms with Crippen molar-refractivity contribution in [2.24, 2.45) is 0 Å². The van der Waals surface area contributed by atoms with Crippen LogP contribution in [0.4, 0.5) is 4.79 Å². The van der Waals surface area contributed by atoms with Gasteiger partial charge in [-0.25, -0.2) is 4.79 Å². The van der Waals surface area contributed by atoms with E-state index in [1.807, 2.05) is 17.5 Å². The molecule has 3 rings (SSSR count). The van der Waals surface area contributed by atoms with Gasteiger partial charge in [0, 0.05) is 25.9 Å². The molecule has 1 fully saturated rings. The van der Waals surface area contributed by atoms with Gasteiger partial charge in [0.25, 0.3) is 5.91 Å². The van der Waals surface area contributed by atoms with Crippen LogP contribution in [0.2, 0.25) is 0 Å². The Morgan fingerprint density at radius 2 is 2.10 bits per heavy atom. The Bertz CT molecular complexity index is 878. The molecule has 0 radical (unpaired) electrons. The van der Waals surface area contributed by atoms with Gasteiger partial charge in [-0.2, -0.15) is 4.98 Å². The number of aryl methyl sites for hydroxylation is 1. The quantitative estimate of drug-likeness (QED) is 0.416. The average molecular weight is 434 g/mol. The third-order valence-electron chi connectivity index (χ3n) is 4.83. The van der Waals surface area contributed by atoms with Crippen molar-refractivity contribution in [1.29, 1.82) is 0 Å². The highest BCUT2D eigenvalue weighted by molar-refractivity contribution is 7.13. The maximum Gasteiger partial charge on any atom is 0.325 e. The van der Waals surface area contributed by atoms with Crippen LogP contribution in [0.5, 0.6) is 0 Å². The summed E-state index contributed by atoms with van der Waals surface area (Å²) >= 11 is 1.58. The van der Waals surface area contributed by atoms with Crippen LogP contribution >= 0.6 is 11.3 Å². The molecule has 0 aliphatic carbocycles. The minimum absolute atomic E-state index is 0.0706. The molecule has 1 saturated heterocycles. The van der Waals surface area contributed by atoms with Gasteiger partial charge in [-0.1, -0.05) is 17.6 Å². The van der Waals surface area contributed by atoms with Crippen LogP contribution in [-0.2, 0) is 16.0 Å². The summed E-state index contributed by atoms with van der Waals surface area (Å²) in [7, 11) is 0. The Hall–Kier alpha value is -2.75. The van der Waals surface area contributed by atoms with E-state index in [0.717, 1.165) is 24.1 Å². The number of urea groups is 1. The van der Waals surface area contributed by atoms with Crippen molar-refractivity contribution in [3.8, 4) is 10.7 Å². The van der Waals surface area contributed by atoms with E-state index >= 15 is 0 Å². The molecule has 1 aliphatic heterocycles. The number of carbonyl (C=O) groups excluding carboxylic acids is 3. The summed E-state index contributed by atoms with van der Waals surface area (Å²) in [5.74, 6) is 0.936. The summed E-state index contributed by atoms with van der Waals surface area (Å²) in [6, 6.07) is 3.52. The third kappa shape index (κ3) is 5.65. The van der Waals surface area contributed by atoms with Gasteiger partial charge in [0.15, 0.2) is 0 Å². The van der Waals surface area contributed by atoms with Crippen LogP contribution in [0, 0.1) is 0 Å². The number of hydrogen-bond acceptors (Lipinski definition) is 7. The maximum atomic E-state index is 12.1. The van der Waals surface area contributed by atoms with Crippen molar-refractivity contribution in [3.63, 3.8) is 0 Å². The molecule has 1 aliphatic rings. The zero-order chi connectivity index (χ0) is 21.6. The van der Waals surface area contributed by atoms with Gasteiger partial charge in [0.2, 0.25) is 17.6 Å². The fourth-order valence-electron chi connectivity index (χ4n) is 3.18. The number of amides is 4. The van der Waals surface area contributed by atoms with Gasteiger partial charge in [-0.15, -0.1) is 11.3 Å². The number of carbonyl (C=O) groups is 3. The Balaban J connectivity index is 1.23. The van der Waals surface area contributed by atoms with E-state index in [9.17, 15) is 14.4 Å². The first kappa shape index (κ1) is 21.9. The lowest BCUT2D eigenvalue weighted by Gasteiger charge is -2.15. The molecule has 0 saturated carbocycles. The van der Waals surface area contributed by atoms with E-state index in [0.29, 0.717) is 31.1 Å². The van der Waals surface area contributed by atoms with Crippen LogP contribution in [-0.4, -0.2) is 51.5 Å². The number of rotatable bonds is 11. The number of imide groups is 1. The van der Waals surface area contributed by atoms with Gasteiger partial charge >= 0.3 is 6.03 Å². The van der Waals surface area contributed by atoms with Crippen molar-refractivity contribution < 1.29 is 18.9 Å². The van der Waals surface area contributed by atoms with E-state index in [-0.39, 0.29) is 24.8 Å². The van der Waals surface area contributed by atoms with Crippen LogP contribution in [0.1, 0.15) is 51.8 Å². The number of unbranched alkanes of at least 4 members (excludes halogenated alkanes) is 2. The van der Waals surface area contributed by atoms with Gasteiger partial charge in [0.05, 0.1) is 4.88 Å². The third-order valence-corrected chi connectivity index (χ3v) is 5.70. The first-order chi connectivity index (χ1) is 14.4. The lowest BCUT2D eigenvalue weighted by molar-refractivity contribution is -0.130. The molecule has 0 unspecified atom stereocenters. The number of nitrogens with zero attached hydrogens (tertiary/aromatic N) is 3. The number of thiophene rings is 1. The van der Waals surface area contributed by atoms with Gasteiger partial charge < -0.3 is 15.2 Å². The Kier molecular flexibility index (Phi) is 7.20. The predicted octanol–water partition coefficient (Wildman–Crippen LogP) is 2.74. The van der Waals surface area contributed by atoms with Crippen molar-refractivity contribution in [2.75, 3.05) is 13.1 Å². The topological polar surface area (TPSA) is 117 Å². The molecule has 2 N–H and O–H groups in total. The fraction of sp³-hybridized carbons (Fsp3) is 0.550. The number of hydrogen-bond donors (Lipinski definition) is 2. The zero-order valence-corrected chi connectivity index (χ0v) is 18.1. The van der Waals surface area contributed by atoms with Gasteiger partial charge in [0.1, 0.15) is 5.54 Å². The van der Waals surface area contributed by atoms with Crippen molar-refractivity contribution in [3.05, 3.63) is 23.4 Å². The average Bonchev–Trinajstić information content (AvgIpc) is 3.41. The van der Waals surface area contributed by atoms with E-state index in [1.54, 1.807) is 25.2 Å². The smallest absolute Gasteiger partial charge is 0.325 e. The molecule has 30 heavy (non-hydrogen) atoms. The Labute approximate surface area is 179 Å². The van der Waals surface area contributed by atoms with E-state index in [4.69, 9.17) is 4.52 Å². The van der Waals surface area contributed by atoms with Crippen LogP contribution in [0.15, 0.2) is 22.0 Å². The monoisotopic (exact) mass is 433 g/mol. The van der Waals surface area contributed by atoms with Gasteiger partial charge in [-0.3, -0.25) is 14.5 Å². The molecule has 0 aromatic carbocycles. The minimum atomic E-state index is -0.869. The number of aromatic nitrogens is 2. The molecule has 162 valence electrons. The van der Waals surface area contributed by atoms with E-state index in [1.165, 1.54) is 4.90 Å². The largest absolute Gasteiger partial charge is 0.356 e. The van der Waals surface area contributed by atoms with Crippen LogP contribution < -0.4 is 10.6 Å². The van der Waals surface area contributed by atoms with Crippen molar-refractivity contribution in [2.45, 2.75) is 57.9 Å². The molecule has 10 heteroatoms. The van der Waals surface area contributed by atoms with Crippen LogP contribution in [0.3, 0.4) is 0 Å². The molecule has 9 nitrogen and oxygen atoms in total. The zero-order valence-electron chi connectivity index (χ0n) is 17.3. The van der Waals surface area contributed by atoms with Gasteiger partial charge in [-0.05, 0) is 44.6 Å². The van der Waals surface area contributed by atoms with E-state index < -0.39 is 11.6 Å². The molecule has 4 amide bonds. The van der Waals surface area contributed by atoms with E-state index in [2.05, 4.69) is 20.8 Å². The predicted molar refractivity (Wildman–Crippen MR) is 112 cm³/mol. The highest BCUT2D eigenvalue weighted by Gasteiger charge is 2.43. The second kappa shape index (κ2) is 9.84. The van der Waals surface area contributed by atoms with Crippen molar-refractivity contribution >= 4 is 29.2 Å². The number of nitrogens with one attached hydrogen (secondary N) is 2. The van der Waals surface area contributed by atoms with Crippen molar-refractivity contribution in [1.82, 2.24) is 25.7 Å². The lowest BCUT2D eigenvalue weighted by atomic mass is 10.1. The fourth-order valence-corrected chi connectivity index (χ4v) is 3.82. The normalized spacial score (nSPS) is 15.5. The summed E-state index contributed by atoms with van der Waals surface area (Å²) in [5, 5.41) is 11.5. The molecular formula is C20H27N5O4S. The molecule has 3 heterocycles. The van der Waals surface area contributed by atoms with Crippen LogP contribution in [0.25, 0.3) is 10.7 Å².